The van der Waals surface area contributed by atoms with Crippen molar-refractivity contribution in [2.24, 2.45) is 5.92 Å². The maximum absolute atomic E-state index is 13.3. The normalized spacial score (nSPS) is 19.7. The van der Waals surface area contributed by atoms with E-state index in [9.17, 15) is 9.50 Å². The molecular formula is C13H16ClFO. The molecule has 0 heterocycles. The Kier molecular flexibility index (Phi) is 3.82. The van der Waals surface area contributed by atoms with Crippen molar-refractivity contribution in [2.75, 3.05) is 0 Å². The van der Waals surface area contributed by atoms with Crippen LogP contribution >= 0.6 is 11.6 Å². The molecule has 0 aromatic heterocycles. The summed E-state index contributed by atoms with van der Waals surface area (Å²) in [7, 11) is 0. The fourth-order valence-corrected chi connectivity index (χ4v) is 2.54. The highest BCUT2D eigenvalue weighted by atomic mass is 35.5. The molecule has 0 spiro atoms. The number of hydrogen-bond donors (Lipinski definition) is 1. The fourth-order valence-electron chi connectivity index (χ4n) is 2.42. The second-order valence-corrected chi connectivity index (χ2v) is 4.92. The average Bonchev–Trinajstić information content (AvgIpc) is 2.33. The molecule has 0 bridgehead atoms. The molecule has 1 aliphatic rings. The zero-order valence-corrected chi connectivity index (χ0v) is 9.88. The van der Waals surface area contributed by atoms with Gasteiger partial charge < -0.3 is 5.11 Å². The molecule has 1 aliphatic carbocycles. The summed E-state index contributed by atoms with van der Waals surface area (Å²) in [5.74, 6) is -0.177. The molecule has 0 saturated heterocycles. The van der Waals surface area contributed by atoms with Gasteiger partial charge in [-0.1, -0.05) is 36.9 Å². The maximum atomic E-state index is 13.3. The van der Waals surface area contributed by atoms with E-state index in [1.54, 1.807) is 6.07 Å². The van der Waals surface area contributed by atoms with E-state index in [4.69, 9.17) is 11.6 Å². The van der Waals surface area contributed by atoms with Gasteiger partial charge in [-0.05, 0) is 36.5 Å². The van der Waals surface area contributed by atoms with Gasteiger partial charge in [0.25, 0.3) is 0 Å². The number of hydrogen-bond acceptors (Lipinski definition) is 1. The van der Waals surface area contributed by atoms with Gasteiger partial charge in [-0.2, -0.15) is 0 Å². The third-order valence-electron chi connectivity index (χ3n) is 3.38. The summed E-state index contributed by atoms with van der Waals surface area (Å²) in [6.07, 6.45) is 5.09. The van der Waals surface area contributed by atoms with Gasteiger partial charge in [0.1, 0.15) is 5.82 Å². The minimum Gasteiger partial charge on any atom is -0.388 e. The first-order chi connectivity index (χ1) is 7.68. The molecule has 0 radical (unpaired) electrons. The van der Waals surface area contributed by atoms with E-state index in [0.717, 1.165) is 25.7 Å². The van der Waals surface area contributed by atoms with Crippen molar-refractivity contribution < 1.29 is 9.50 Å². The molecule has 88 valence electrons. The van der Waals surface area contributed by atoms with Crippen LogP contribution in [0.4, 0.5) is 4.39 Å². The number of aliphatic hydroxyl groups excluding tert-OH is 1. The lowest BCUT2D eigenvalue weighted by Crippen LogP contribution is -2.16. The molecule has 1 aromatic carbocycles. The van der Waals surface area contributed by atoms with Crippen molar-refractivity contribution in [2.45, 2.75) is 38.2 Å². The zero-order valence-electron chi connectivity index (χ0n) is 9.13. The Bertz CT molecular complexity index is 361. The summed E-state index contributed by atoms with van der Waals surface area (Å²) in [5, 5.41) is 10.3. The van der Waals surface area contributed by atoms with Gasteiger partial charge in [-0.15, -0.1) is 0 Å². The molecule has 2 rings (SSSR count). The number of benzene rings is 1. The highest BCUT2D eigenvalue weighted by Gasteiger charge is 2.23. The highest BCUT2D eigenvalue weighted by molar-refractivity contribution is 6.30. The maximum Gasteiger partial charge on any atom is 0.142 e. The quantitative estimate of drug-likeness (QED) is 0.828. The van der Waals surface area contributed by atoms with Crippen molar-refractivity contribution in [3.63, 3.8) is 0 Å². The minimum atomic E-state index is -0.549. The van der Waals surface area contributed by atoms with E-state index in [1.165, 1.54) is 18.6 Å². The van der Waals surface area contributed by atoms with Crippen LogP contribution in [-0.4, -0.2) is 5.11 Å². The van der Waals surface area contributed by atoms with E-state index in [2.05, 4.69) is 0 Å². The van der Waals surface area contributed by atoms with Crippen LogP contribution in [0, 0.1) is 11.7 Å². The van der Waals surface area contributed by atoms with Crippen molar-refractivity contribution >= 4 is 11.6 Å². The van der Waals surface area contributed by atoms with Gasteiger partial charge in [0.2, 0.25) is 0 Å². The highest BCUT2D eigenvalue weighted by Crippen LogP contribution is 2.35. The molecule has 1 N–H and O–H groups in total. The van der Waals surface area contributed by atoms with Crippen LogP contribution in [0.25, 0.3) is 0 Å². The van der Waals surface area contributed by atoms with Crippen LogP contribution in [0.2, 0.25) is 5.02 Å². The Hall–Kier alpha value is -0.600. The van der Waals surface area contributed by atoms with E-state index in [-0.39, 0.29) is 10.9 Å². The monoisotopic (exact) mass is 242 g/mol. The minimum absolute atomic E-state index is 0.111. The summed E-state index contributed by atoms with van der Waals surface area (Å²) < 4.78 is 13.3. The topological polar surface area (TPSA) is 20.2 Å². The van der Waals surface area contributed by atoms with Crippen LogP contribution in [0.1, 0.15) is 43.8 Å². The molecule has 3 heteroatoms. The lowest BCUT2D eigenvalue weighted by Gasteiger charge is -2.26. The Balaban J connectivity index is 2.12. The number of rotatable bonds is 2. The van der Waals surface area contributed by atoms with Crippen molar-refractivity contribution in [3.8, 4) is 0 Å². The lowest BCUT2D eigenvalue weighted by molar-refractivity contribution is 0.0846. The lowest BCUT2D eigenvalue weighted by atomic mass is 9.83. The van der Waals surface area contributed by atoms with Crippen molar-refractivity contribution in [3.05, 3.63) is 34.6 Å². The first kappa shape index (κ1) is 11.9. The Morgan fingerprint density at radius 1 is 1.25 bits per heavy atom. The van der Waals surface area contributed by atoms with Crippen LogP contribution in [0.5, 0.6) is 0 Å². The third-order valence-corrected chi connectivity index (χ3v) is 3.69. The van der Waals surface area contributed by atoms with Crippen LogP contribution in [-0.2, 0) is 0 Å². The first-order valence-electron chi connectivity index (χ1n) is 5.81. The van der Waals surface area contributed by atoms with Crippen LogP contribution in [0.3, 0.4) is 0 Å². The largest absolute Gasteiger partial charge is 0.388 e. The van der Waals surface area contributed by atoms with Gasteiger partial charge in [0.15, 0.2) is 0 Å². The molecule has 1 aromatic rings. The molecule has 0 aliphatic heterocycles. The first-order valence-corrected chi connectivity index (χ1v) is 6.19. The number of aliphatic hydroxyl groups is 1. The van der Waals surface area contributed by atoms with Gasteiger partial charge in [-0.25, -0.2) is 4.39 Å². The second-order valence-electron chi connectivity index (χ2n) is 4.52. The van der Waals surface area contributed by atoms with Gasteiger partial charge in [0, 0.05) is 0 Å². The van der Waals surface area contributed by atoms with E-state index < -0.39 is 11.9 Å². The molecule has 0 amide bonds. The molecule has 1 saturated carbocycles. The Labute approximate surface area is 100 Å². The van der Waals surface area contributed by atoms with E-state index in [0.29, 0.717) is 5.56 Å². The molecule has 1 atom stereocenters. The molecule has 1 nitrogen and oxygen atoms in total. The molecule has 1 fully saturated rings. The third kappa shape index (κ3) is 2.55. The molecular weight excluding hydrogens is 227 g/mol. The van der Waals surface area contributed by atoms with E-state index >= 15 is 0 Å². The van der Waals surface area contributed by atoms with Crippen LogP contribution < -0.4 is 0 Å². The zero-order chi connectivity index (χ0) is 11.5. The second kappa shape index (κ2) is 5.15. The smallest absolute Gasteiger partial charge is 0.142 e. The summed E-state index contributed by atoms with van der Waals surface area (Å²) >= 11 is 5.61. The van der Waals surface area contributed by atoms with Crippen molar-refractivity contribution in [1.29, 1.82) is 0 Å². The SMILES string of the molecule is O[C@@H](c1ccc(Cl)c(F)c1)C1CCCCC1. The molecule has 0 unspecified atom stereocenters. The van der Waals surface area contributed by atoms with E-state index in [1.807, 2.05) is 0 Å². The predicted octanol–water partition coefficient (Wildman–Crippen LogP) is 4.09. The van der Waals surface area contributed by atoms with Gasteiger partial charge >= 0.3 is 0 Å². The predicted molar refractivity (Wildman–Crippen MR) is 62.9 cm³/mol. The van der Waals surface area contributed by atoms with Gasteiger partial charge in [-0.3, -0.25) is 0 Å². The standard InChI is InChI=1S/C13H16ClFO/c14-11-7-6-10(8-12(11)15)13(16)9-4-2-1-3-5-9/h6-9,13,16H,1-5H2/t13-/m1/s1. The summed E-state index contributed by atoms with van der Waals surface area (Å²) in [4.78, 5) is 0. The summed E-state index contributed by atoms with van der Waals surface area (Å²) in [5.41, 5.74) is 0.647. The number of halogens is 2. The Morgan fingerprint density at radius 3 is 2.56 bits per heavy atom. The van der Waals surface area contributed by atoms with Crippen molar-refractivity contribution in [1.82, 2.24) is 0 Å². The summed E-state index contributed by atoms with van der Waals surface area (Å²) in [6, 6.07) is 4.57. The molecule has 16 heavy (non-hydrogen) atoms. The van der Waals surface area contributed by atoms with Crippen LogP contribution in [0.15, 0.2) is 18.2 Å². The summed E-state index contributed by atoms with van der Waals surface area (Å²) in [6.45, 7) is 0. The van der Waals surface area contributed by atoms with Gasteiger partial charge in [0.05, 0.1) is 11.1 Å². The Morgan fingerprint density at radius 2 is 1.94 bits per heavy atom. The fraction of sp³-hybridized carbons (Fsp3) is 0.538. The average molecular weight is 243 g/mol.